The van der Waals surface area contributed by atoms with Crippen molar-refractivity contribution in [3.05, 3.63) is 320 Å². The highest BCUT2D eigenvalue weighted by Crippen LogP contribution is 2.58. The van der Waals surface area contributed by atoms with Gasteiger partial charge in [-0.05, 0) is 144 Å². The first kappa shape index (κ1) is 44.0. The molecule has 14 rings (SSSR count). The van der Waals surface area contributed by atoms with Gasteiger partial charge in [0.25, 0.3) is 0 Å². The van der Waals surface area contributed by atoms with Crippen LogP contribution in [0.2, 0.25) is 0 Å². The minimum Gasteiger partial charge on any atom is -0.455 e. The van der Waals surface area contributed by atoms with Crippen LogP contribution in [0.3, 0.4) is 0 Å². The Bertz CT molecular complexity index is 4080. The molecule has 0 N–H and O–H groups in total. The standard InChI is InChI=1S/C73H49NO/c1-5-19-50(20-6-1)55-47-56(51-21-7-2-8-22-51)49-57(48-55)52-35-41-60(42-36-52)74(62-45-39-54(40-46-62)64-30-17-31-66-65-27-14-16-34-70(65)75-72(64)66)61-43-37-53(38-44-61)63-29-18-33-69-71(63)67-28-13-15-32-68(67)73(69,58-23-9-3-10-24-58)59-25-11-4-12-26-59/h1-49H. The molecule has 75 heavy (non-hydrogen) atoms. The zero-order chi connectivity index (χ0) is 49.7. The van der Waals surface area contributed by atoms with Gasteiger partial charge >= 0.3 is 0 Å². The summed E-state index contributed by atoms with van der Waals surface area (Å²) in [5, 5.41) is 2.25. The Morgan fingerprint density at radius 2 is 0.667 bits per heavy atom. The average molecular weight is 956 g/mol. The Labute approximate surface area is 437 Å². The summed E-state index contributed by atoms with van der Waals surface area (Å²) in [7, 11) is 0. The van der Waals surface area contributed by atoms with Crippen LogP contribution in [-0.2, 0) is 5.41 Å². The van der Waals surface area contributed by atoms with E-state index >= 15 is 0 Å². The molecule has 1 aliphatic carbocycles. The van der Waals surface area contributed by atoms with Crippen molar-refractivity contribution in [3.63, 3.8) is 0 Å². The predicted molar refractivity (Wildman–Crippen MR) is 313 cm³/mol. The molecule has 352 valence electrons. The fourth-order valence-corrected chi connectivity index (χ4v) is 11.9. The molecule has 1 aromatic heterocycles. The van der Waals surface area contributed by atoms with E-state index in [2.05, 4.69) is 290 Å². The van der Waals surface area contributed by atoms with E-state index in [0.717, 1.165) is 55.7 Å². The molecule has 0 fully saturated rings. The van der Waals surface area contributed by atoms with Gasteiger partial charge in [0.15, 0.2) is 0 Å². The van der Waals surface area contributed by atoms with Gasteiger partial charge in [0.05, 0.1) is 5.41 Å². The number of fused-ring (bicyclic) bond motifs is 6. The lowest BCUT2D eigenvalue weighted by Gasteiger charge is -2.34. The third-order valence-corrected chi connectivity index (χ3v) is 15.4. The summed E-state index contributed by atoms with van der Waals surface area (Å²) in [5.74, 6) is 0. The van der Waals surface area contributed by atoms with Crippen molar-refractivity contribution in [3.8, 4) is 66.8 Å². The lowest BCUT2D eigenvalue weighted by Crippen LogP contribution is -2.28. The van der Waals surface area contributed by atoms with Gasteiger partial charge < -0.3 is 9.32 Å². The molecule has 0 aliphatic heterocycles. The Morgan fingerprint density at radius 3 is 1.24 bits per heavy atom. The van der Waals surface area contributed by atoms with Crippen molar-refractivity contribution >= 4 is 39.0 Å². The molecule has 0 bridgehead atoms. The van der Waals surface area contributed by atoms with E-state index in [1.165, 1.54) is 72.3 Å². The summed E-state index contributed by atoms with van der Waals surface area (Å²) in [6.07, 6.45) is 0. The Hall–Kier alpha value is -9.76. The van der Waals surface area contributed by atoms with Gasteiger partial charge in [-0.1, -0.05) is 237 Å². The van der Waals surface area contributed by atoms with Gasteiger partial charge in [0, 0.05) is 33.4 Å². The summed E-state index contributed by atoms with van der Waals surface area (Å²) < 4.78 is 6.51. The summed E-state index contributed by atoms with van der Waals surface area (Å²) >= 11 is 0. The topological polar surface area (TPSA) is 16.4 Å². The fourth-order valence-electron chi connectivity index (χ4n) is 11.9. The average Bonchev–Trinajstić information content (AvgIpc) is 4.04. The second-order valence-corrected chi connectivity index (χ2v) is 19.5. The van der Waals surface area contributed by atoms with Crippen molar-refractivity contribution in [1.29, 1.82) is 0 Å². The predicted octanol–water partition coefficient (Wildman–Crippen LogP) is 19.8. The summed E-state index contributed by atoms with van der Waals surface area (Å²) in [5.41, 5.74) is 23.8. The molecule has 1 aliphatic rings. The van der Waals surface area contributed by atoms with Gasteiger partial charge in [0.1, 0.15) is 11.2 Å². The number of nitrogens with zero attached hydrogens (tertiary/aromatic N) is 1. The largest absolute Gasteiger partial charge is 0.455 e. The second kappa shape index (κ2) is 18.4. The summed E-state index contributed by atoms with van der Waals surface area (Å²) in [6.45, 7) is 0. The zero-order valence-corrected chi connectivity index (χ0v) is 41.1. The van der Waals surface area contributed by atoms with Crippen LogP contribution in [0.15, 0.2) is 302 Å². The van der Waals surface area contributed by atoms with Crippen molar-refractivity contribution in [1.82, 2.24) is 0 Å². The highest BCUT2D eigenvalue weighted by Gasteiger charge is 2.46. The van der Waals surface area contributed by atoms with E-state index in [-0.39, 0.29) is 0 Å². The SMILES string of the molecule is c1ccc(-c2cc(-c3ccccc3)cc(-c3ccc(N(c4ccc(-c5cccc6c5-c5ccccc5C6(c5ccccc5)c5ccccc5)cc4)c4ccc(-c5cccc6c5oc5ccccc56)cc4)cc3)c2)cc1. The molecule has 0 unspecified atom stereocenters. The van der Waals surface area contributed by atoms with Crippen molar-refractivity contribution < 1.29 is 4.42 Å². The minimum absolute atomic E-state index is 0.471. The first-order chi connectivity index (χ1) is 37.2. The maximum absolute atomic E-state index is 6.51. The second-order valence-electron chi connectivity index (χ2n) is 19.5. The molecule has 12 aromatic carbocycles. The smallest absolute Gasteiger partial charge is 0.143 e. The molecule has 2 heteroatoms. The van der Waals surface area contributed by atoms with Crippen LogP contribution in [0.4, 0.5) is 17.1 Å². The molecule has 2 nitrogen and oxygen atoms in total. The Balaban J connectivity index is 0.885. The van der Waals surface area contributed by atoms with Gasteiger partial charge in [-0.15, -0.1) is 0 Å². The quantitative estimate of drug-likeness (QED) is 0.136. The first-order valence-corrected chi connectivity index (χ1v) is 25.8. The molecule has 0 atom stereocenters. The normalized spacial score (nSPS) is 12.4. The summed E-state index contributed by atoms with van der Waals surface area (Å²) in [4.78, 5) is 2.37. The van der Waals surface area contributed by atoms with E-state index in [4.69, 9.17) is 4.42 Å². The van der Waals surface area contributed by atoms with Crippen LogP contribution in [0.25, 0.3) is 88.7 Å². The highest BCUT2D eigenvalue weighted by molar-refractivity contribution is 6.09. The molecule has 0 saturated heterocycles. The van der Waals surface area contributed by atoms with Gasteiger partial charge in [-0.2, -0.15) is 0 Å². The molecule has 0 amide bonds. The monoisotopic (exact) mass is 955 g/mol. The molecule has 13 aromatic rings. The molecular formula is C73H49NO. The molecule has 1 heterocycles. The molecule has 0 saturated carbocycles. The van der Waals surface area contributed by atoms with Gasteiger partial charge in [-0.25, -0.2) is 0 Å². The number of benzene rings is 12. The van der Waals surface area contributed by atoms with Crippen molar-refractivity contribution in [2.45, 2.75) is 5.41 Å². The van der Waals surface area contributed by atoms with Crippen LogP contribution in [-0.4, -0.2) is 0 Å². The first-order valence-electron chi connectivity index (χ1n) is 25.8. The Morgan fingerprint density at radius 1 is 0.267 bits per heavy atom. The van der Waals surface area contributed by atoms with Crippen LogP contribution in [0.1, 0.15) is 22.3 Å². The third kappa shape index (κ3) is 7.49. The number of rotatable bonds is 10. The van der Waals surface area contributed by atoms with Crippen molar-refractivity contribution in [2.75, 3.05) is 4.90 Å². The van der Waals surface area contributed by atoms with Crippen LogP contribution >= 0.6 is 0 Å². The highest BCUT2D eigenvalue weighted by atomic mass is 16.3. The van der Waals surface area contributed by atoms with E-state index in [1.54, 1.807) is 0 Å². The lowest BCUT2D eigenvalue weighted by molar-refractivity contribution is 0.670. The van der Waals surface area contributed by atoms with E-state index in [1.807, 2.05) is 12.1 Å². The number of hydrogen-bond acceptors (Lipinski definition) is 2. The van der Waals surface area contributed by atoms with Gasteiger partial charge in [0.2, 0.25) is 0 Å². The third-order valence-electron chi connectivity index (χ3n) is 15.4. The maximum Gasteiger partial charge on any atom is 0.143 e. The van der Waals surface area contributed by atoms with Gasteiger partial charge in [-0.3, -0.25) is 0 Å². The molecule has 0 radical (unpaired) electrons. The van der Waals surface area contributed by atoms with Crippen LogP contribution in [0, 0.1) is 0 Å². The number of anilines is 3. The zero-order valence-electron chi connectivity index (χ0n) is 41.1. The van der Waals surface area contributed by atoms with Crippen LogP contribution in [0.5, 0.6) is 0 Å². The Kier molecular flexibility index (Phi) is 10.8. The lowest BCUT2D eigenvalue weighted by atomic mass is 9.67. The number of para-hydroxylation sites is 2. The van der Waals surface area contributed by atoms with E-state index in [0.29, 0.717) is 0 Å². The van der Waals surface area contributed by atoms with Crippen molar-refractivity contribution in [2.24, 2.45) is 0 Å². The van der Waals surface area contributed by atoms with E-state index in [9.17, 15) is 0 Å². The number of furan rings is 1. The summed E-state index contributed by atoms with van der Waals surface area (Å²) in [6, 6.07) is 108. The number of hydrogen-bond donors (Lipinski definition) is 0. The minimum atomic E-state index is -0.471. The maximum atomic E-state index is 6.51. The van der Waals surface area contributed by atoms with Crippen LogP contribution < -0.4 is 4.90 Å². The molecular weight excluding hydrogens is 907 g/mol. The van der Waals surface area contributed by atoms with E-state index < -0.39 is 5.41 Å². The molecule has 0 spiro atoms. The fraction of sp³-hybridized carbons (Fsp3) is 0.0137.